The second-order valence-electron chi connectivity index (χ2n) is 8.48. The Hall–Kier alpha value is -3.72. The molecule has 1 aromatic heterocycles. The Morgan fingerprint density at radius 3 is 2.62 bits per heavy atom. The molecule has 2 aromatic carbocycles. The highest BCUT2D eigenvalue weighted by molar-refractivity contribution is 5.91. The third kappa shape index (κ3) is 5.09. The van der Waals surface area contributed by atoms with Crippen molar-refractivity contribution in [3.63, 3.8) is 0 Å². The summed E-state index contributed by atoms with van der Waals surface area (Å²) in [7, 11) is 1.54. The van der Waals surface area contributed by atoms with Gasteiger partial charge in [-0.15, -0.1) is 0 Å². The number of hydrogen-bond acceptors (Lipinski definition) is 6. The van der Waals surface area contributed by atoms with E-state index in [0.717, 1.165) is 33.2 Å². The van der Waals surface area contributed by atoms with E-state index in [4.69, 9.17) is 9.47 Å². The summed E-state index contributed by atoms with van der Waals surface area (Å²) in [6, 6.07) is 12.6. The first-order valence-electron chi connectivity index (χ1n) is 11.2. The van der Waals surface area contributed by atoms with E-state index in [-0.39, 0.29) is 24.9 Å². The van der Waals surface area contributed by atoms with E-state index in [1.807, 2.05) is 19.9 Å². The highest BCUT2D eigenvalue weighted by Gasteiger charge is 2.23. The zero-order valence-electron chi connectivity index (χ0n) is 19.5. The number of rotatable bonds is 7. The lowest BCUT2D eigenvalue weighted by Gasteiger charge is -2.14. The molecule has 178 valence electrons. The number of hydrogen-bond donors (Lipinski definition) is 1. The zero-order chi connectivity index (χ0) is 24.2. The molecule has 0 spiro atoms. The number of aryl methyl sites for hydroxylation is 2. The number of methoxy groups -OCH3 is 1. The van der Waals surface area contributed by atoms with Crippen molar-refractivity contribution in [1.82, 2.24) is 19.7 Å². The van der Waals surface area contributed by atoms with Crippen LogP contribution >= 0.6 is 0 Å². The number of carbonyl (C=O) groups is 1. The fraction of sp³-hybridized carbons (Fsp3) is 0.360. The monoisotopic (exact) mass is 464 g/mol. The molecule has 34 heavy (non-hydrogen) atoms. The minimum Gasteiger partial charge on any atom is -0.497 e. The van der Waals surface area contributed by atoms with Crippen molar-refractivity contribution in [2.45, 2.75) is 39.3 Å². The fourth-order valence-electron chi connectivity index (χ4n) is 4.09. The van der Waals surface area contributed by atoms with E-state index in [2.05, 4.69) is 10.4 Å². The second-order valence-corrected chi connectivity index (χ2v) is 8.48. The van der Waals surface area contributed by atoms with Crippen LogP contribution < -0.4 is 21.3 Å². The van der Waals surface area contributed by atoms with Gasteiger partial charge in [0.1, 0.15) is 5.75 Å². The molecule has 9 nitrogen and oxygen atoms in total. The van der Waals surface area contributed by atoms with Crippen LogP contribution in [0.4, 0.5) is 0 Å². The molecule has 1 atom stereocenters. The molecule has 2 heterocycles. The van der Waals surface area contributed by atoms with Gasteiger partial charge in [-0.1, -0.05) is 18.2 Å². The highest BCUT2D eigenvalue weighted by atomic mass is 16.5. The normalized spacial score (nSPS) is 15.3. The van der Waals surface area contributed by atoms with Crippen LogP contribution in [-0.4, -0.2) is 46.6 Å². The van der Waals surface area contributed by atoms with Crippen molar-refractivity contribution in [2.75, 3.05) is 20.3 Å². The van der Waals surface area contributed by atoms with Crippen LogP contribution in [0, 0.1) is 13.8 Å². The molecule has 1 aliphatic heterocycles. The van der Waals surface area contributed by atoms with Gasteiger partial charge in [-0.05, 0) is 67.6 Å². The number of benzene rings is 2. The number of nitrogens with zero attached hydrogens (tertiary/aromatic N) is 3. The Bertz CT molecular complexity index is 1300. The smallest absolute Gasteiger partial charge is 0.352 e. The molecule has 1 aliphatic rings. The predicted molar refractivity (Wildman–Crippen MR) is 127 cm³/mol. The first-order valence-corrected chi connectivity index (χ1v) is 11.2. The second kappa shape index (κ2) is 10.0. The van der Waals surface area contributed by atoms with Gasteiger partial charge in [0, 0.05) is 13.2 Å². The minimum atomic E-state index is -0.752. The van der Waals surface area contributed by atoms with Crippen LogP contribution in [0.5, 0.6) is 5.75 Å². The average molecular weight is 465 g/mol. The molecule has 3 aromatic rings. The largest absolute Gasteiger partial charge is 0.497 e. The van der Waals surface area contributed by atoms with E-state index in [1.54, 1.807) is 43.5 Å². The van der Waals surface area contributed by atoms with Gasteiger partial charge in [0.25, 0.3) is 11.5 Å². The summed E-state index contributed by atoms with van der Waals surface area (Å²) in [5.41, 5.74) is 1.29. The lowest BCUT2D eigenvalue weighted by Crippen LogP contribution is -2.46. The van der Waals surface area contributed by atoms with E-state index in [0.29, 0.717) is 23.6 Å². The third-order valence-electron chi connectivity index (χ3n) is 5.72. The van der Waals surface area contributed by atoms with E-state index < -0.39 is 17.2 Å². The van der Waals surface area contributed by atoms with Crippen LogP contribution in [0.2, 0.25) is 0 Å². The molecule has 4 rings (SSSR count). The Labute approximate surface area is 196 Å². The lowest BCUT2D eigenvalue weighted by atomic mass is 10.1. The molecule has 0 aliphatic carbocycles. The fourth-order valence-corrected chi connectivity index (χ4v) is 4.09. The average Bonchev–Trinajstić information content (AvgIpc) is 3.33. The molecule has 0 bridgehead atoms. The summed E-state index contributed by atoms with van der Waals surface area (Å²) in [4.78, 5) is 39.6. The lowest BCUT2D eigenvalue weighted by molar-refractivity contribution is 0.0849. The standard InChI is InChI=1S/C25H28N4O5/c1-16-10-17(2)12-19(11-16)29-25(32)28(15-18-6-4-7-20(13-18)33-3)24(31)22(27-29)23(30)26-14-21-8-5-9-34-21/h4,6-7,10-13,21H,5,8-9,14-15H2,1-3H3,(H,26,30)/t21-/m0/s1. The van der Waals surface area contributed by atoms with Crippen molar-refractivity contribution >= 4 is 5.91 Å². The minimum absolute atomic E-state index is 0.0335. The maximum Gasteiger partial charge on any atom is 0.352 e. The van der Waals surface area contributed by atoms with Crippen LogP contribution in [0.1, 0.15) is 40.0 Å². The summed E-state index contributed by atoms with van der Waals surface area (Å²) in [5.74, 6) is -0.0400. The van der Waals surface area contributed by atoms with Crippen molar-refractivity contribution in [3.8, 4) is 11.4 Å². The first kappa shape index (κ1) is 23.4. The maximum absolute atomic E-state index is 13.4. The van der Waals surface area contributed by atoms with Gasteiger partial charge in [-0.25, -0.2) is 4.79 Å². The van der Waals surface area contributed by atoms with Gasteiger partial charge in [-0.2, -0.15) is 9.78 Å². The quantitative estimate of drug-likeness (QED) is 0.573. The zero-order valence-corrected chi connectivity index (χ0v) is 19.5. The molecular formula is C25H28N4O5. The number of carbonyl (C=O) groups excluding carboxylic acids is 1. The van der Waals surface area contributed by atoms with Gasteiger partial charge in [0.15, 0.2) is 0 Å². The van der Waals surface area contributed by atoms with Crippen molar-refractivity contribution < 1.29 is 14.3 Å². The number of amides is 1. The summed E-state index contributed by atoms with van der Waals surface area (Å²) in [6.45, 7) is 4.71. The van der Waals surface area contributed by atoms with Crippen molar-refractivity contribution in [1.29, 1.82) is 0 Å². The van der Waals surface area contributed by atoms with Crippen molar-refractivity contribution in [2.24, 2.45) is 0 Å². The van der Waals surface area contributed by atoms with Crippen LogP contribution in [0.15, 0.2) is 52.1 Å². The molecule has 1 N–H and O–H groups in total. The van der Waals surface area contributed by atoms with Crippen LogP contribution in [-0.2, 0) is 11.3 Å². The van der Waals surface area contributed by atoms with Gasteiger partial charge >= 0.3 is 5.69 Å². The first-order chi connectivity index (χ1) is 16.4. The number of aromatic nitrogens is 3. The Morgan fingerprint density at radius 2 is 1.94 bits per heavy atom. The molecule has 9 heteroatoms. The number of nitrogens with one attached hydrogen (secondary N) is 1. The molecule has 1 fully saturated rings. The molecule has 0 radical (unpaired) electrons. The predicted octanol–water partition coefficient (Wildman–Crippen LogP) is 1.98. The Balaban J connectivity index is 1.79. The molecule has 1 amide bonds. The Kier molecular flexibility index (Phi) is 6.93. The van der Waals surface area contributed by atoms with E-state index in [1.165, 1.54) is 0 Å². The topological polar surface area (TPSA) is 104 Å². The van der Waals surface area contributed by atoms with Gasteiger partial charge in [-0.3, -0.25) is 14.2 Å². The maximum atomic E-state index is 13.4. The summed E-state index contributed by atoms with van der Waals surface area (Å²) < 4.78 is 12.9. The molecule has 0 unspecified atom stereocenters. The third-order valence-corrected chi connectivity index (χ3v) is 5.72. The van der Waals surface area contributed by atoms with E-state index in [9.17, 15) is 14.4 Å². The number of ether oxygens (including phenoxy) is 2. The van der Waals surface area contributed by atoms with E-state index >= 15 is 0 Å². The summed E-state index contributed by atoms with van der Waals surface area (Å²) in [5, 5.41) is 6.94. The van der Waals surface area contributed by atoms with Gasteiger partial charge in [0.05, 0.1) is 25.4 Å². The highest BCUT2D eigenvalue weighted by Crippen LogP contribution is 2.14. The van der Waals surface area contributed by atoms with Crippen LogP contribution in [0.25, 0.3) is 5.69 Å². The Morgan fingerprint density at radius 1 is 1.18 bits per heavy atom. The summed E-state index contributed by atoms with van der Waals surface area (Å²) >= 11 is 0. The van der Waals surface area contributed by atoms with Crippen LogP contribution in [0.3, 0.4) is 0 Å². The SMILES string of the molecule is COc1cccc(Cn2c(=O)c(C(=O)NC[C@@H]3CCCO3)nn(-c3cc(C)cc(C)c3)c2=O)c1. The summed E-state index contributed by atoms with van der Waals surface area (Å²) in [6.07, 6.45) is 1.69. The van der Waals surface area contributed by atoms with Crippen molar-refractivity contribution in [3.05, 3.63) is 85.7 Å². The van der Waals surface area contributed by atoms with Gasteiger partial charge in [0.2, 0.25) is 5.69 Å². The van der Waals surface area contributed by atoms with Gasteiger partial charge < -0.3 is 14.8 Å². The molecule has 1 saturated heterocycles. The molecular weight excluding hydrogens is 436 g/mol. The molecule has 0 saturated carbocycles.